The first kappa shape index (κ1) is 16.0. The van der Waals surface area contributed by atoms with Crippen molar-refractivity contribution < 1.29 is 0 Å². The van der Waals surface area contributed by atoms with Gasteiger partial charge in [0.15, 0.2) is 0 Å². The molecule has 1 atom stereocenters. The van der Waals surface area contributed by atoms with Crippen molar-refractivity contribution in [1.29, 1.82) is 0 Å². The molecule has 1 fully saturated rings. The summed E-state index contributed by atoms with van der Waals surface area (Å²) in [5.74, 6) is 0.756. The minimum atomic E-state index is 0.669. The molecule has 0 saturated heterocycles. The monoisotopic (exact) mass is 253 g/mol. The molecule has 108 valence electrons. The molecular weight excluding hydrogens is 218 g/mol. The van der Waals surface area contributed by atoms with Crippen LogP contribution in [0.3, 0.4) is 0 Å². The summed E-state index contributed by atoms with van der Waals surface area (Å²) in [6, 6.07) is 1.45. The Balaban J connectivity index is 2.31. The van der Waals surface area contributed by atoms with Crippen molar-refractivity contribution in [3.8, 4) is 0 Å². The maximum atomic E-state index is 3.87. The average molecular weight is 253 g/mol. The molecule has 1 nitrogen and oxygen atoms in total. The zero-order chi connectivity index (χ0) is 13.2. The molecule has 1 saturated carbocycles. The lowest BCUT2D eigenvalue weighted by Crippen LogP contribution is -2.39. The van der Waals surface area contributed by atoms with E-state index in [1.807, 2.05) is 0 Å². The molecule has 0 aliphatic heterocycles. The summed E-state index contributed by atoms with van der Waals surface area (Å²) in [4.78, 5) is 0. The highest BCUT2D eigenvalue weighted by Crippen LogP contribution is 2.18. The molecule has 0 radical (unpaired) electrons. The van der Waals surface area contributed by atoms with Gasteiger partial charge in [0.05, 0.1) is 0 Å². The molecule has 1 heteroatoms. The van der Waals surface area contributed by atoms with Crippen molar-refractivity contribution in [3.63, 3.8) is 0 Å². The van der Waals surface area contributed by atoms with E-state index in [4.69, 9.17) is 0 Å². The minimum Gasteiger partial charge on any atom is -0.311 e. The Hall–Kier alpha value is -0.0400. The van der Waals surface area contributed by atoms with Gasteiger partial charge in [0, 0.05) is 12.1 Å². The molecule has 0 spiro atoms. The lowest BCUT2D eigenvalue weighted by Gasteiger charge is -2.26. The normalized spacial score (nSPS) is 23.3. The Labute approximate surface area is 115 Å². The van der Waals surface area contributed by atoms with Crippen molar-refractivity contribution in [2.24, 2.45) is 5.92 Å². The zero-order valence-corrected chi connectivity index (χ0v) is 13.0. The average Bonchev–Trinajstić information content (AvgIpc) is 2.32. The quantitative estimate of drug-likeness (QED) is 0.720. The van der Waals surface area contributed by atoms with E-state index in [9.17, 15) is 0 Å². The Morgan fingerprint density at radius 2 is 1.06 bits per heavy atom. The molecule has 1 aliphatic carbocycles. The van der Waals surface area contributed by atoms with Crippen LogP contribution in [0.5, 0.6) is 0 Å². The van der Waals surface area contributed by atoms with E-state index >= 15 is 0 Å². The molecule has 0 amide bonds. The van der Waals surface area contributed by atoms with Crippen molar-refractivity contribution in [3.05, 3.63) is 0 Å². The van der Waals surface area contributed by atoms with Crippen LogP contribution in [0.25, 0.3) is 0 Å². The summed E-state index contributed by atoms with van der Waals surface area (Å²) in [6.45, 7) is 7.00. The third-order valence-corrected chi connectivity index (χ3v) is 4.60. The maximum absolute atomic E-state index is 3.87. The van der Waals surface area contributed by atoms with Crippen LogP contribution in [0.4, 0.5) is 0 Å². The van der Waals surface area contributed by atoms with E-state index in [0.29, 0.717) is 6.04 Å². The maximum Gasteiger partial charge on any atom is 0.00696 e. The number of rotatable bonds is 3. The molecule has 0 aromatic carbocycles. The predicted octanol–water partition coefficient (Wildman–Crippen LogP) is 5.29. The number of nitrogens with one attached hydrogen (secondary N) is 1. The lowest BCUT2D eigenvalue weighted by atomic mass is 9.96. The van der Waals surface area contributed by atoms with Crippen LogP contribution in [0.1, 0.15) is 91.4 Å². The first-order valence-corrected chi connectivity index (χ1v) is 8.46. The van der Waals surface area contributed by atoms with Gasteiger partial charge < -0.3 is 5.32 Å². The van der Waals surface area contributed by atoms with Crippen LogP contribution in [0, 0.1) is 5.92 Å². The van der Waals surface area contributed by atoms with Gasteiger partial charge in [0.25, 0.3) is 0 Å². The fourth-order valence-electron chi connectivity index (χ4n) is 2.89. The van der Waals surface area contributed by atoms with Gasteiger partial charge in [0.1, 0.15) is 0 Å². The fourth-order valence-corrected chi connectivity index (χ4v) is 2.89. The van der Waals surface area contributed by atoms with Crippen LogP contribution in [-0.4, -0.2) is 12.1 Å². The summed E-state index contributed by atoms with van der Waals surface area (Å²) < 4.78 is 0. The molecule has 0 aromatic heterocycles. The van der Waals surface area contributed by atoms with Crippen LogP contribution in [0.2, 0.25) is 0 Å². The van der Waals surface area contributed by atoms with Gasteiger partial charge in [-0.05, 0) is 25.7 Å². The first-order valence-electron chi connectivity index (χ1n) is 8.46. The van der Waals surface area contributed by atoms with Crippen molar-refractivity contribution in [2.75, 3.05) is 0 Å². The molecule has 18 heavy (non-hydrogen) atoms. The summed E-state index contributed by atoms with van der Waals surface area (Å²) in [6.07, 6.45) is 15.9. The van der Waals surface area contributed by atoms with Gasteiger partial charge in [-0.25, -0.2) is 0 Å². The molecular formula is C17H35N. The van der Waals surface area contributed by atoms with E-state index in [0.717, 1.165) is 12.0 Å². The first-order chi connectivity index (χ1) is 8.70. The standard InChI is InChI=1S/C17H35N/c1-15(2)16(3)18-17-13-11-9-7-5-4-6-8-10-12-14-17/h15-18H,4-14H2,1-3H3. The summed E-state index contributed by atoms with van der Waals surface area (Å²) in [5.41, 5.74) is 0. The molecule has 1 rings (SSSR count). The molecule has 1 aliphatic rings. The van der Waals surface area contributed by atoms with Gasteiger partial charge in [-0.2, -0.15) is 0 Å². The van der Waals surface area contributed by atoms with Crippen LogP contribution < -0.4 is 5.32 Å². The van der Waals surface area contributed by atoms with E-state index in [2.05, 4.69) is 26.1 Å². The highest BCUT2D eigenvalue weighted by molar-refractivity contribution is 4.74. The van der Waals surface area contributed by atoms with Gasteiger partial charge in [0.2, 0.25) is 0 Å². The van der Waals surface area contributed by atoms with Gasteiger partial charge in [-0.1, -0.05) is 71.6 Å². The molecule has 0 bridgehead atoms. The Bertz CT molecular complexity index is 176. The van der Waals surface area contributed by atoms with E-state index < -0.39 is 0 Å². The van der Waals surface area contributed by atoms with Crippen LogP contribution in [0.15, 0.2) is 0 Å². The molecule has 0 heterocycles. The minimum absolute atomic E-state index is 0.669. The number of hydrogen-bond donors (Lipinski definition) is 1. The van der Waals surface area contributed by atoms with Gasteiger partial charge >= 0.3 is 0 Å². The second-order valence-electron chi connectivity index (χ2n) is 6.66. The van der Waals surface area contributed by atoms with Crippen molar-refractivity contribution in [1.82, 2.24) is 5.32 Å². The SMILES string of the molecule is CC(C)C(C)NC1CCCCCCCCCCC1. The molecule has 0 aromatic rings. The molecule has 1 N–H and O–H groups in total. The predicted molar refractivity (Wildman–Crippen MR) is 82.0 cm³/mol. The lowest BCUT2D eigenvalue weighted by molar-refractivity contribution is 0.330. The van der Waals surface area contributed by atoms with E-state index in [1.54, 1.807) is 0 Å². The third-order valence-electron chi connectivity index (χ3n) is 4.60. The molecule has 1 unspecified atom stereocenters. The zero-order valence-electron chi connectivity index (χ0n) is 13.0. The van der Waals surface area contributed by atoms with Crippen molar-refractivity contribution in [2.45, 2.75) is 103 Å². The summed E-state index contributed by atoms with van der Waals surface area (Å²) in [7, 11) is 0. The van der Waals surface area contributed by atoms with E-state index in [-0.39, 0.29) is 0 Å². The largest absolute Gasteiger partial charge is 0.311 e. The summed E-state index contributed by atoms with van der Waals surface area (Å²) in [5, 5.41) is 3.87. The van der Waals surface area contributed by atoms with Crippen LogP contribution in [-0.2, 0) is 0 Å². The van der Waals surface area contributed by atoms with Crippen molar-refractivity contribution >= 4 is 0 Å². The van der Waals surface area contributed by atoms with Crippen LogP contribution >= 0.6 is 0 Å². The second kappa shape index (κ2) is 9.83. The smallest absolute Gasteiger partial charge is 0.00696 e. The summed E-state index contributed by atoms with van der Waals surface area (Å²) >= 11 is 0. The Kier molecular flexibility index (Phi) is 8.75. The van der Waals surface area contributed by atoms with E-state index in [1.165, 1.54) is 70.6 Å². The highest BCUT2D eigenvalue weighted by Gasteiger charge is 2.14. The Morgan fingerprint density at radius 3 is 1.44 bits per heavy atom. The second-order valence-corrected chi connectivity index (χ2v) is 6.66. The fraction of sp³-hybridized carbons (Fsp3) is 1.00. The Morgan fingerprint density at radius 1 is 0.667 bits per heavy atom. The topological polar surface area (TPSA) is 12.0 Å². The third kappa shape index (κ3) is 7.41. The van der Waals surface area contributed by atoms with Gasteiger partial charge in [-0.3, -0.25) is 0 Å². The number of hydrogen-bond acceptors (Lipinski definition) is 1. The van der Waals surface area contributed by atoms with Gasteiger partial charge in [-0.15, -0.1) is 0 Å². The highest BCUT2D eigenvalue weighted by atomic mass is 14.9.